The van der Waals surface area contributed by atoms with Gasteiger partial charge < -0.3 is 15.5 Å². The van der Waals surface area contributed by atoms with Gasteiger partial charge in [0.15, 0.2) is 5.96 Å². The maximum absolute atomic E-state index is 5.15. The van der Waals surface area contributed by atoms with Crippen LogP contribution in [0.4, 0.5) is 0 Å². The molecule has 0 bridgehead atoms. The maximum Gasteiger partial charge on any atom is 0.191 e. The van der Waals surface area contributed by atoms with Gasteiger partial charge in [0, 0.05) is 30.9 Å². The van der Waals surface area contributed by atoms with Crippen molar-refractivity contribution in [1.82, 2.24) is 30.2 Å². The third kappa shape index (κ3) is 6.82. The minimum atomic E-state index is 0. The molecule has 0 saturated carbocycles. The van der Waals surface area contributed by atoms with Crippen LogP contribution in [-0.4, -0.2) is 83.4 Å². The summed E-state index contributed by atoms with van der Waals surface area (Å²) in [6, 6.07) is 0.294. The van der Waals surface area contributed by atoms with Gasteiger partial charge in [-0.1, -0.05) is 6.42 Å². The monoisotopic (exact) mass is 559 g/mol. The van der Waals surface area contributed by atoms with Crippen molar-refractivity contribution in [3.63, 3.8) is 0 Å². The number of hydrogen-bond donors (Lipinski definition) is 2. The van der Waals surface area contributed by atoms with Crippen LogP contribution in [0.5, 0.6) is 0 Å². The number of piperidine rings is 2. The Balaban J connectivity index is 0.00000363. The highest BCUT2D eigenvalue weighted by Crippen LogP contribution is 2.31. The van der Waals surface area contributed by atoms with E-state index in [0.29, 0.717) is 6.04 Å². The average molecular weight is 560 g/mol. The fraction of sp³-hybridized carbons (Fsp3) is 0.833. The Morgan fingerprint density at radius 1 is 1.09 bits per heavy atom. The summed E-state index contributed by atoms with van der Waals surface area (Å²) in [6.07, 6.45) is 7.44. The fourth-order valence-electron chi connectivity index (χ4n) is 5.23. The van der Waals surface area contributed by atoms with Crippen LogP contribution in [0.3, 0.4) is 0 Å². The van der Waals surface area contributed by atoms with E-state index < -0.39 is 0 Å². The number of nitrogens with one attached hydrogen (secondary N) is 2. The molecule has 1 atom stereocenters. The standard InChI is InChI=1S/C24H45N7.HI/c1-7-25-23(27-19(2)17-22-20(3)28-30(6)21(22)4)26-18-24(11-15-29(5)16-12-24)31-13-9-8-10-14-31;/h19H,7-18H2,1-6H3,(H2,25,26,27);1H. The van der Waals surface area contributed by atoms with Crippen molar-refractivity contribution < 1.29 is 0 Å². The molecule has 0 spiro atoms. The Morgan fingerprint density at radius 2 is 1.75 bits per heavy atom. The molecule has 1 aromatic heterocycles. The Hall–Kier alpha value is -0.870. The van der Waals surface area contributed by atoms with Gasteiger partial charge in [0.2, 0.25) is 0 Å². The second kappa shape index (κ2) is 12.6. The highest BCUT2D eigenvalue weighted by atomic mass is 127. The van der Waals surface area contributed by atoms with E-state index in [1.807, 2.05) is 11.7 Å². The summed E-state index contributed by atoms with van der Waals surface area (Å²) in [7, 11) is 4.27. The van der Waals surface area contributed by atoms with E-state index >= 15 is 0 Å². The zero-order valence-corrected chi connectivity index (χ0v) is 23.5. The highest BCUT2D eigenvalue weighted by molar-refractivity contribution is 14.0. The van der Waals surface area contributed by atoms with Crippen LogP contribution in [0, 0.1) is 13.8 Å². The zero-order chi connectivity index (χ0) is 22.4. The molecule has 3 rings (SSSR count). The van der Waals surface area contributed by atoms with Gasteiger partial charge in [-0.3, -0.25) is 14.6 Å². The second-order valence-electron chi connectivity index (χ2n) is 9.79. The molecule has 0 amide bonds. The Morgan fingerprint density at radius 3 is 2.31 bits per heavy atom. The van der Waals surface area contributed by atoms with Crippen molar-refractivity contribution in [2.75, 3.05) is 46.3 Å². The van der Waals surface area contributed by atoms with Crippen LogP contribution in [0.2, 0.25) is 0 Å². The highest BCUT2D eigenvalue weighted by Gasteiger charge is 2.39. The minimum absolute atomic E-state index is 0. The van der Waals surface area contributed by atoms with Crippen molar-refractivity contribution in [1.29, 1.82) is 0 Å². The van der Waals surface area contributed by atoms with Crippen LogP contribution in [0.15, 0.2) is 4.99 Å². The van der Waals surface area contributed by atoms with E-state index in [1.54, 1.807) is 0 Å². The molecule has 2 saturated heterocycles. The van der Waals surface area contributed by atoms with Gasteiger partial charge in [0.1, 0.15) is 0 Å². The predicted molar refractivity (Wildman–Crippen MR) is 145 cm³/mol. The first-order valence-corrected chi connectivity index (χ1v) is 12.3. The molecule has 0 radical (unpaired) electrons. The lowest BCUT2D eigenvalue weighted by Crippen LogP contribution is -2.58. The summed E-state index contributed by atoms with van der Waals surface area (Å²) < 4.78 is 1.99. The van der Waals surface area contributed by atoms with Gasteiger partial charge in [-0.15, -0.1) is 24.0 Å². The Bertz CT molecular complexity index is 731. The van der Waals surface area contributed by atoms with Gasteiger partial charge in [0.05, 0.1) is 12.2 Å². The SMILES string of the molecule is CCNC(=NCC1(N2CCCCC2)CCN(C)CC1)NC(C)Cc1c(C)nn(C)c1C.I. The second-order valence-corrected chi connectivity index (χ2v) is 9.79. The number of hydrogen-bond acceptors (Lipinski definition) is 4. The molecule has 8 heteroatoms. The molecule has 2 aliphatic heterocycles. The molecule has 1 aromatic rings. The van der Waals surface area contributed by atoms with E-state index in [2.05, 4.69) is 60.3 Å². The van der Waals surface area contributed by atoms with Gasteiger partial charge in [0.25, 0.3) is 0 Å². The van der Waals surface area contributed by atoms with Crippen LogP contribution in [0.1, 0.15) is 62.9 Å². The Kier molecular flexibility index (Phi) is 10.7. The van der Waals surface area contributed by atoms with Crippen molar-refractivity contribution in [2.45, 2.75) is 77.8 Å². The van der Waals surface area contributed by atoms with E-state index in [0.717, 1.165) is 31.2 Å². The molecular weight excluding hydrogens is 513 g/mol. The molecule has 3 heterocycles. The largest absolute Gasteiger partial charge is 0.357 e. The summed E-state index contributed by atoms with van der Waals surface area (Å²) in [5, 5.41) is 11.7. The van der Waals surface area contributed by atoms with Crippen LogP contribution in [-0.2, 0) is 13.5 Å². The summed E-state index contributed by atoms with van der Waals surface area (Å²) in [5.41, 5.74) is 3.95. The zero-order valence-electron chi connectivity index (χ0n) is 21.2. The van der Waals surface area contributed by atoms with Gasteiger partial charge in [-0.2, -0.15) is 5.10 Å². The first kappa shape index (κ1) is 27.4. The first-order chi connectivity index (χ1) is 14.8. The third-order valence-electron chi connectivity index (χ3n) is 7.37. The molecule has 2 fully saturated rings. The molecule has 2 N–H and O–H groups in total. The third-order valence-corrected chi connectivity index (χ3v) is 7.37. The van der Waals surface area contributed by atoms with Crippen LogP contribution >= 0.6 is 24.0 Å². The van der Waals surface area contributed by atoms with E-state index in [1.165, 1.54) is 69.5 Å². The van der Waals surface area contributed by atoms with Crippen molar-refractivity contribution in [2.24, 2.45) is 12.0 Å². The lowest BCUT2D eigenvalue weighted by Gasteiger charge is -2.49. The lowest BCUT2D eigenvalue weighted by atomic mass is 9.84. The molecule has 0 aliphatic carbocycles. The molecule has 1 unspecified atom stereocenters. The van der Waals surface area contributed by atoms with E-state index in [4.69, 9.17) is 4.99 Å². The Labute approximate surface area is 212 Å². The number of nitrogens with zero attached hydrogens (tertiary/aromatic N) is 5. The number of aryl methyl sites for hydroxylation is 2. The fourth-order valence-corrected chi connectivity index (χ4v) is 5.23. The van der Waals surface area contributed by atoms with Crippen molar-refractivity contribution in [3.05, 3.63) is 17.0 Å². The molecule has 7 nitrogen and oxygen atoms in total. The van der Waals surface area contributed by atoms with Crippen LogP contribution in [0.25, 0.3) is 0 Å². The van der Waals surface area contributed by atoms with Gasteiger partial charge in [-0.25, -0.2) is 0 Å². The van der Waals surface area contributed by atoms with Crippen LogP contribution < -0.4 is 10.6 Å². The smallest absolute Gasteiger partial charge is 0.191 e. The number of aliphatic imine (C=N–C) groups is 1. The summed E-state index contributed by atoms with van der Waals surface area (Å²) in [4.78, 5) is 10.4. The van der Waals surface area contributed by atoms with Crippen molar-refractivity contribution in [3.8, 4) is 0 Å². The number of rotatable bonds is 7. The quantitative estimate of drug-likeness (QED) is 0.306. The van der Waals surface area contributed by atoms with Gasteiger partial charge in [-0.05, 0) is 98.6 Å². The number of likely N-dealkylation sites (tertiary alicyclic amines) is 2. The molecule has 0 aromatic carbocycles. The average Bonchev–Trinajstić information content (AvgIpc) is 3.00. The van der Waals surface area contributed by atoms with E-state index in [-0.39, 0.29) is 29.5 Å². The maximum atomic E-state index is 5.15. The molecule has 184 valence electrons. The topological polar surface area (TPSA) is 60.7 Å². The lowest BCUT2D eigenvalue weighted by molar-refractivity contribution is 0.0208. The predicted octanol–water partition coefficient (Wildman–Crippen LogP) is 3.09. The van der Waals surface area contributed by atoms with Gasteiger partial charge >= 0.3 is 0 Å². The number of guanidine groups is 1. The normalized spacial score (nSPS) is 21.1. The minimum Gasteiger partial charge on any atom is -0.357 e. The molecular formula is C24H46IN7. The number of halogens is 1. The summed E-state index contributed by atoms with van der Waals surface area (Å²) in [6.45, 7) is 15.2. The summed E-state index contributed by atoms with van der Waals surface area (Å²) in [5.74, 6) is 0.949. The first-order valence-electron chi connectivity index (χ1n) is 12.3. The summed E-state index contributed by atoms with van der Waals surface area (Å²) >= 11 is 0. The number of aromatic nitrogens is 2. The van der Waals surface area contributed by atoms with E-state index in [9.17, 15) is 0 Å². The van der Waals surface area contributed by atoms with Crippen molar-refractivity contribution >= 4 is 29.9 Å². The molecule has 32 heavy (non-hydrogen) atoms. The molecule has 2 aliphatic rings.